The topological polar surface area (TPSA) is 55.8 Å². The quantitative estimate of drug-likeness (QED) is 0.286. The molecule has 0 N–H and O–H groups in total. The molecule has 34 heavy (non-hydrogen) atoms. The van der Waals surface area contributed by atoms with Gasteiger partial charge in [-0.3, -0.25) is 14.5 Å². The minimum Gasteiger partial charge on any atom is -0.493 e. The number of amides is 2. The van der Waals surface area contributed by atoms with E-state index < -0.39 is 0 Å². The zero-order valence-corrected chi connectivity index (χ0v) is 21.7. The first-order valence-electron chi connectivity index (χ1n) is 10.4. The highest BCUT2D eigenvalue weighted by molar-refractivity contribution is 9.10. The third-order valence-corrected chi connectivity index (χ3v) is 6.86. The van der Waals surface area contributed by atoms with Crippen molar-refractivity contribution < 1.29 is 19.1 Å². The van der Waals surface area contributed by atoms with Crippen molar-refractivity contribution in [3.8, 4) is 11.5 Å². The maximum atomic E-state index is 12.9. The molecule has 0 bridgehead atoms. The second-order valence-electron chi connectivity index (χ2n) is 7.71. The monoisotopic (exact) mass is 557 g/mol. The summed E-state index contributed by atoms with van der Waals surface area (Å²) in [6, 6.07) is 18.9. The van der Waals surface area contributed by atoms with Gasteiger partial charge in [0.2, 0.25) is 0 Å². The average molecular weight is 559 g/mol. The third-order valence-electron chi connectivity index (χ3n) is 5.14. The van der Waals surface area contributed by atoms with Crippen LogP contribution in [0.5, 0.6) is 11.5 Å². The van der Waals surface area contributed by atoms with Gasteiger partial charge < -0.3 is 9.47 Å². The molecule has 1 aliphatic rings. The first-order valence-corrected chi connectivity index (χ1v) is 12.4. The predicted molar refractivity (Wildman–Crippen MR) is 139 cm³/mol. The standard InChI is InChI=1S/C26H21BrClNO4S/c1-16-4-3-5-18(10-16)14-29-25(30)23(34-26(29)31)13-19-11-21(28)24(22(12-19)32-2)33-15-17-6-8-20(27)9-7-17/h3-13H,14-15H2,1-2H3/b23-13-. The molecule has 3 aromatic rings. The van der Waals surface area contributed by atoms with E-state index in [1.165, 1.54) is 12.0 Å². The van der Waals surface area contributed by atoms with Gasteiger partial charge >= 0.3 is 0 Å². The predicted octanol–water partition coefficient (Wildman–Crippen LogP) is 7.24. The normalized spacial score (nSPS) is 14.7. The van der Waals surface area contributed by atoms with E-state index in [-0.39, 0.29) is 17.7 Å². The molecule has 0 aromatic heterocycles. The molecule has 0 radical (unpaired) electrons. The van der Waals surface area contributed by atoms with Crippen LogP contribution >= 0.6 is 39.3 Å². The van der Waals surface area contributed by atoms with Crippen LogP contribution in [-0.4, -0.2) is 23.2 Å². The van der Waals surface area contributed by atoms with Gasteiger partial charge in [0.15, 0.2) is 11.5 Å². The molecule has 0 unspecified atom stereocenters. The number of hydrogen-bond donors (Lipinski definition) is 0. The van der Waals surface area contributed by atoms with Crippen molar-refractivity contribution in [1.82, 2.24) is 4.90 Å². The fourth-order valence-corrected chi connectivity index (χ4v) is 4.86. The number of benzene rings is 3. The van der Waals surface area contributed by atoms with Gasteiger partial charge in [0.25, 0.3) is 11.1 Å². The minimum atomic E-state index is -0.331. The molecule has 0 saturated carbocycles. The minimum absolute atomic E-state index is 0.233. The largest absolute Gasteiger partial charge is 0.493 e. The van der Waals surface area contributed by atoms with Crippen LogP contribution in [0.3, 0.4) is 0 Å². The van der Waals surface area contributed by atoms with Crippen molar-refractivity contribution in [2.45, 2.75) is 20.1 Å². The van der Waals surface area contributed by atoms with E-state index in [0.29, 0.717) is 33.6 Å². The van der Waals surface area contributed by atoms with E-state index in [9.17, 15) is 9.59 Å². The zero-order valence-electron chi connectivity index (χ0n) is 18.5. The van der Waals surface area contributed by atoms with Crippen molar-refractivity contribution in [3.05, 3.63) is 97.3 Å². The van der Waals surface area contributed by atoms with Crippen LogP contribution in [0.2, 0.25) is 5.02 Å². The number of imide groups is 1. The molecule has 0 atom stereocenters. The van der Waals surface area contributed by atoms with Crippen molar-refractivity contribution in [2.75, 3.05) is 7.11 Å². The van der Waals surface area contributed by atoms with Gasteiger partial charge in [0, 0.05) is 4.47 Å². The lowest BCUT2D eigenvalue weighted by molar-refractivity contribution is -0.123. The maximum absolute atomic E-state index is 12.9. The van der Waals surface area contributed by atoms with E-state index in [1.54, 1.807) is 18.2 Å². The molecule has 0 spiro atoms. The molecule has 0 aliphatic carbocycles. The summed E-state index contributed by atoms with van der Waals surface area (Å²) in [6.07, 6.45) is 1.65. The molecule has 1 heterocycles. The van der Waals surface area contributed by atoms with Gasteiger partial charge in [-0.2, -0.15) is 0 Å². The lowest BCUT2D eigenvalue weighted by Crippen LogP contribution is -2.27. The van der Waals surface area contributed by atoms with Crippen molar-refractivity contribution in [3.63, 3.8) is 0 Å². The number of halogens is 2. The van der Waals surface area contributed by atoms with Gasteiger partial charge in [-0.25, -0.2) is 0 Å². The van der Waals surface area contributed by atoms with Gasteiger partial charge in [-0.15, -0.1) is 0 Å². The SMILES string of the molecule is COc1cc(/C=C2\SC(=O)N(Cc3cccc(C)c3)C2=O)cc(Cl)c1OCc1ccc(Br)cc1. The molecule has 1 fully saturated rings. The Morgan fingerprint density at radius 1 is 1.06 bits per heavy atom. The Labute approximate surface area is 215 Å². The molecule has 1 aliphatic heterocycles. The van der Waals surface area contributed by atoms with Crippen LogP contribution in [0.4, 0.5) is 4.79 Å². The summed E-state index contributed by atoms with van der Waals surface area (Å²) >= 11 is 10.8. The number of rotatable bonds is 7. The Balaban J connectivity index is 1.53. The van der Waals surface area contributed by atoms with Crippen LogP contribution in [0, 0.1) is 6.92 Å². The second kappa shape index (κ2) is 10.7. The second-order valence-corrected chi connectivity index (χ2v) is 10.0. The van der Waals surface area contributed by atoms with E-state index in [1.807, 2.05) is 55.5 Å². The van der Waals surface area contributed by atoms with E-state index in [4.69, 9.17) is 21.1 Å². The highest BCUT2D eigenvalue weighted by Crippen LogP contribution is 2.39. The van der Waals surface area contributed by atoms with Gasteiger partial charge in [-0.1, -0.05) is 69.5 Å². The summed E-state index contributed by atoms with van der Waals surface area (Å²) in [5, 5.41) is 0.0481. The van der Waals surface area contributed by atoms with Gasteiger partial charge in [0.05, 0.1) is 23.6 Å². The smallest absolute Gasteiger partial charge is 0.293 e. The lowest BCUT2D eigenvalue weighted by Gasteiger charge is -2.14. The van der Waals surface area contributed by atoms with Gasteiger partial charge in [0.1, 0.15) is 6.61 Å². The first kappa shape index (κ1) is 24.4. The number of carbonyl (C=O) groups is 2. The molecule has 4 rings (SSSR count). The summed E-state index contributed by atoms with van der Waals surface area (Å²) in [6.45, 7) is 2.53. The summed E-state index contributed by atoms with van der Waals surface area (Å²) in [5.41, 5.74) is 3.59. The fourth-order valence-electron chi connectivity index (χ4n) is 3.48. The maximum Gasteiger partial charge on any atom is 0.293 e. The molecule has 2 amide bonds. The summed E-state index contributed by atoms with van der Waals surface area (Å²) in [7, 11) is 1.53. The molecule has 1 saturated heterocycles. The highest BCUT2D eigenvalue weighted by atomic mass is 79.9. The van der Waals surface area contributed by atoms with Crippen molar-refractivity contribution in [2.24, 2.45) is 0 Å². The van der Waals surface area contributed by atoms with Crippen LogP contribution in [0.15, 0.2) is 70.0 Å². The summed E-state index contributed by atoms with van der Waals surface area (Å²) in [4.78, 5) is 27.0. The summed E-state index contributed by atoms with van der Waals surface area (Å²) in [5.74, 6) is 0.522. The molecular weight excluding hydrogens is 538 g/mol. The molecular formula is C26H21BrClNO4S. The highest BCUT2D eigenvalue weighted by Gasteiger charge is 2.35. The number of thioether (sulfide) groups is 1. The van der Waals surface area contributed by atoms with E-state index >= 15 is 0 Å². The van der Waals surface area contributed by atoms with Crippen LogP contribution in [0.1, 0.15) is 22.3 Å². The molecule has 3 aromatic carbocycles. The average Bonchev–Trinajstić information content (AvgIpc) is 3.06. The summed E-state index contributed by atoms with van der Waals surface area (Å²) < 4.78 is 12.4. The lowest BCUT2D eigenvalue weighted by atomic mass is 10.1. The fraction of sp³-hybridized carbons (Fsp3) is 0.154. The van der Waals surface area contributed by atoms with E-state index in [0.717, 1.165) is 32.9 Å². The van der Waals surface area contributed by atoms with Crippen molar-refractivity contribution >= 4 is 56.5 Å². The van der Waals surface area contributed by atoms with Crippen molar-refractivity contribution in [1.29, 1.82) is 0 Å². The number of carbonyl (C=O) groups excluding carboxylic acids is 2. The zero-order chi connectivity index (χ0) is 24.2. The number of ether oxygens (including phenoxy) is 2. The molecule has 8 heteroatoms. The van der Waals surface area contributed by atoms with Crippen LogP contribution < -0.4 is 9.47 Å². The third kappa shape index (κ3) is 5.66. The molecule has 5 nitrogen and oxygen atoms in total. The van der Waals surface area contributed by atoms with E-state index in [2.05, 4.69) is 15.9 Å². The first-order chi connectivity index (χ1) is 16.3. The number of methoxy groups -OCH3 is 1. The Morgan fingerprint density at radius 3 is 2.53 bits per heavy atom. The van der Waals surface area contributed by atoms with Crippen LogP contribution in [0.25, 0.3) is 6.08 Å². The number of aryl methyl sites for hydroxylation is 1. The number of nitrogens with zero attached hydrogens (tertiary/aromatic N) is 1. The van der Waals surface area contributed by atoms with Gasteiger partial charge in [-0.05, 0) is 65.7 Å². The number of hydrogen-bond acceptors (Lipinski definition) is 5. The Kier molecular flexibility index (Phi) is 7.66. The molecule has 174 valence electrons. The Morgan fingerprint density at radius 2 is 1.82 bits per heavy atom. The Bertz CT molecular complexity index is 1280. The Hall–Kier alpha value is -2.74. The van der Waals surface area contributed by atoms with Crippen LogP contribution in [-0.2, 0) is 17.9 Å².